The zero-order valence-corrected chi connectivity index (χ0v) is 46.4. The van der Waals surface area contributed by atoms with Crippen molar-refractivity contribution in [2.45, 2.75) is 73.9 Å². The third-order valence-electron chi connectivity index (χ3n) is 12.9. The van der Waals surface area contributed by atoms with Crippen LogP contribution in [0.5, 0.6) is 0 Å². The number of aliphatic hydroxyl groups excluding tert-OH is 3. The third-order valence-corrected chi connectivity index (χ3v) is 18.1. The van der Waals surface area contributed by atoms with Crippen LogP contribution in [0.15, 0.2) is 33.4 Å². The smallest absolute Gasteiger partial charge is 0.387 e. The van der Waals surface area contributed by atoms with Gasteiger partial charge in [-0.25, -0.2) is 32.8 Å². The van der Waals surface area contributed by atoms with Crippen molar-refractivity contribution in [3.05, 3.63) is 50.0 Å². The maximum atomic E-state index is 13.8. The van der Waals surface area contributed by atoms with Crippen molar-refractivity contribution in [2.24, 2.45) is 13.0 Å². The maximum Gasteiger partial charge on any atom is 0.490 e. The first kappa shape index (κ1) is 61.7. The molecule has 3 fully saturated rings. The van der Waals surface area contributed by atoms with Gasteiger partial charge in [-0.15, -0.1) is 0 Å². The molecular formula is C37H53N16O26P4+. The molecule has 6 aromatic rings. The summed E-state index contributed by atoms with van der Waals surface area (Å²) < 4.78 is 115. The second-order valence-corrected chi connectivity index (χ2v) is 24.4. The number of aryl methyl sites for hydroxylation is 1. The largest absolute Gasteiger partial charge is 0.490 e. The number of aromatic amines is 3. The average molecular weight is 1260 g/mol. The highest BCUT2D eigenvalue weighted by molar-refractivity contribution is 7.66. The lowest BCUT2D eigenvalue weighted by molar-refractivity contribution is -0.745. The van der Waals surface area contributed by atoms with Gasteiger partial charge in [0.25, 0.3) is 22.6 Å². The summed E-state index contributed by atoms with van der Waals surface area (Å²) in [4.78, 5) is 121. The van der Waals surface area contributed by atoms with Gasteiger partial charge < -0.3 is 81.1 Å². The van der Waals surface area contributed by atoms with E-state index in [4.69, 9.17) is 59.0 Å². The summed E-state index contributed by atoms with van der Waals surface area (Å²) in [6.07, 6.45) is -15.9. The average Bonchev–Trinajstić information content (AvgIpc) is 2.34. The number of aromatic nitrogens is 12. The van der Waals surface area contributed by atoms with Crippen LogP contribution in [0, 0.1) is 5.92 Å². The highest BCUT2D eigenvalue weighted by Gasteiger charge is 2.54. The summed E-state index contributed by atoms with van der Waals surface area (Å²) in [7, 11) is -19.9. The predicted molar refractivity (Wildman–Crippen MR) is 269 cm³/mol. The van der Waals surface area contributed by atoms with Crippen molar-refractivity contribution in [2.75, 3.05) is 64.4 Å². The number of methoxy groups -OCH3 is 2. The van der Waals surface area contributed by atoms with Gasteiger partial charge in [-0.2, -0.15) is 18.6 Å². The fraction of sp³-hybridized carbons (Fsp3) is 0.568. The van der Waals surface area contributed by atoms with Crippen molar-refractivity contribution >= 4 is 88.5 Å². The number of fused-ring (bicyclic) bond motifs is 3. The lowest BCUT2D eigenvalue weighted by Gasteiger charge is -2.26. The first-order chi connectivity index (χ1) is 39.0. The van der Waals surface area contributed by atoms with Gasteiger partial charge in [0.05, 0.1) is 52.2 Å². The van der Waals surface area contributed by atoms with Crippen LogP contribution in [0.4, 0.5) is 17.8 Å². The van der Waals surface area contributed by atoms with Crippen molar-refractivity contribution in [3.8, 4) is 0 Å². The van der Waals surface area contributed by atoms with Gasteiger partial charge in [0.1, 0.15) is 42.7 Å². The first-order valence-electron chi connectivity index (χ1n) is 23.8. The molecule has 1 amide bonds. The van der Waals surface area contributed by atoms with Crippen LogP contribution in [0.2, 0.25) is 0 Å². The Hall–Kier alpha value is -5.88. The Bertz CT molecular complexity index is 3800. The minimum Gasteiger partial charge on any atom is -0.387 e. The number of amides is 1. The summed E-state index contributed by atoms with van der Waals surface area (Å²) in [6.45, 7) is -3.34. The van der Waals surface area contributed by atoms with E-state index in [1.54, 1.807) is 0 Å². The van der Waals surface area contributed by atoms with E-state index in [1.165, 1.54) is 29.6 Å². The molecule has 0 spiro atoms. The second-order valence-electron chi connectivity index (χ2n) is 18.4. The minimum atomic E-state index is -6.29. The predicted octanol–water partition coefficient (Wildman–Crippen LogP) is -5.01. The lowest BCUT2D eigenvalue weighted by Crippen LogP contribution is -2.45. The molecule has 83 heavy (non-hydrogen) atoms. The molecule has 46 heteroatoms. The van der Waals surface area contributed by atoms with Crippen LogP contribution in [-0.2, 0) is 80.5 Å². The Balaban J connectivity index is 0.885. The molecule has 3 aliphatic rings. The monoisotopic (exact) mass is 1260 g/mol. The zero-order chi connectivity index (χ0) is 60.2. The van der Waals surface area contributed by atoms with E-state index in [1.807, 2.05) is 0 Å². The van der Waals surface area contributed by atoms with E-state index in [9.17, 15) is 72.3 Å². The number of anilines is 3. The summed E-state index contributed by atoms with van der Waals surface area (Å²) >= 11 is 0. The fourth-order valence-corrected chi connectivity index (χ4v) is 13.8. The topological polar surface area (TPSA) is 600 Å². The van der Waals surface area contributed by atoms with E-state index >= 15 is 0 Å². The molecule has 16 atom stereocenters. The molecule has 0 bridgehead atoms. The van der Waals surface area contributed by atoms with Crippen LogP contribution in [0.25, 0.3) is 33.5 Å². The Morgan fingerprint density at radius 3 is 1.82 bits per heavy atom. The van der Waals surface area contributed by atoms with Gasteiger partial charge in [-0.3, -0.25) is 65.9 Å². The standard InChI is InChI=1S/C37H52N16O26P4/c1-50-12-53(28-20(50)31(60)49-37(40)46-28)32-21(55)13(6-17(54)41-4-5-69-2)14(74-32)7-72-81(63,64)78-83(67,68)79-82(65,66)73-9-16-24(25(70-3)34(76-16)52-11-43-19-27(52)45-36(39)48-30(19)59)77-80(61,62)71-8-15-22(56)23(57)33(75-15)51-10-42-18-26(51)44-35(38)47-29(18)58/h10-16,21-25,32-34,55-57H,4-9H2,1-3H3,(H13-,38,39,40,41,44,45,46,47,48,49,54,58,59,60,61,62,63,64,65,66,67,68)/p+1/t13-,14-,15-,16?,21-,22-,23-,24-,25-,32?,33-,34-/m1/s1. The molecule has 6 aromatic heterocycles. The lowest BCUT2D eigenvalue weighted by atomic mass is 9.94. The number of phosphoric acid groups is 4. The molecule has 9 rings (SSSR count). The van der Waals surface area contributed by atoms with E-state index in [0.717, 1.165) is 28.9 Å². The number of phosphoric ester groups is 3. The van der Waals surface area contributed by atoms with E-state index in [0.29, 0.717) is 0 Å². The summed E-state index contributed by atoms with van der Waals surface area (Å²) in [5.74, 6) is -3.03. The molecule has 3 aliphatic heterocycles. The summed E-state index contributed by atoms with van der Waals surface area (Å²) in [5.41, 5.74) is 13.8. The summed E-state index contributed by atoms with van der Waals surface area (Å²) in [5, 5.41) is 35.9. The number of carbonyl (C=O) groups excluding carboxylic acids is 1. The van der Waals surface area contributed by atoms with Gasteiger partial charge in [0.15, 0.2) is 41.1 Å². The van der Waals surface area contributed by atoms with Gasteiger partial charge in [0, 0.05) is 33.1 Å². The Morgan fingerprint density at radius 1 is 0.699 bits per heavy atom. The number of ether oxygens (including phenoxy) is 5. The van der Waals surface area contributed by atoms with Crippen molar-refractivity contribution in [1.29, 1.82) is 0 Å². The number of nitrogen functional groups attached to an aromatic ring is 3. The van der Waals surface area contributed by atoms with Crippen LogP contribution in [0.1, 0.15) is 25.1 Å². The normalized spacial score (nSPS) is 28.6. The van der Waals surface area contributed by atoms with Crippen LogP contribution in [0.3, 0.4) is 0 Å². The number of nitrogens with one attached hydrogen (secondary N) is 4. The number of hydrogen-bond donors (Lipinski definition) is 14. The van der Waals surface area contributed by atoms with Gasteiger partial charge in [-0.1, -0.05) is 4.98 Å². The van der Waals surface area contributed by atoms with Crippen molar-refractivity contribution < 1.29 is 113 Å². The van der Waals surface area contributed by atoms with E-state index < -0.39 is 159 Å². The van der Waals surface area contributed by atoms with E-state index in [-0.39, 0.29) is 58.5 Å². The molecule has 9 heterocycles. The molecule has 6 unspecified atom stereocenters. The highest BCUT2D eigenvalue weighted by Crippen LogP contribution is 2.68. The quantitative estimate of drug-likeness (QED) is 0.0153. The molecule has 0 saturated carbocycles. The number of carbonyl (C=O) groups is 1. The zero-order valence-electron chi connectivity index (χ0n) is 42.8. The minimum absolute atomic E-state index is 0.0280. The van der Waals surface area contributed by atoms with E-state index in [2.05, 4.69) is 53.8 Å². The van der Waals surface area contributed by atoms with Crippen LogP contribution in [-0.4, -0.2) is 190 Å². The molecular weight excluding hydrogens is 1210 g/mol. The van der Waals surface area contributed by atoms with Gasteiger partial charge >= 0.3 is 36.9 Å². The number of hydrogen-bond acceptors (Lipinski definition) is 30. The number of H-pyrrole nitrogens is 3. The van der Waals surface area contributed by atoms with Gasteiger partial charge in [-0.05, 0) is 0 Å². The Labute approximate surface area is 460 Å². The van der Waals surface area contributed by atoms with Crippen molar-refractivity contribution in [3.63, 3.8) is 0 Å². The van der Waals surface area contributed by atoms with Crippen LogP contribution >= 0.6 is 31.3 Å². The Morgan fingerprint density at radius 2 is 1.23 bits per heavy atom. The molecule has 17 N–H and O–H groups in total. The Kier molecular flexibility index (Phi) is 17.7. The number of aliphatic hydroxyl groups is 3. The molecule has 0 aliphatic carbocycles. The fourth-order valence-electron chi connectivity index (χ4n) is 9.28. The number of nitrogens with zero attached hydrogens (tertiary/aromatic N) is 9. The molecule has 0 radical (unpaired) electrons. The maximum absolute atomic E-state index is 13.8. The molecule has 456 valence electrons. The first-order valence-corrected chi connectivity index (χ1v) is 29.8. The second kappa shape index (κ2) is 23.9. The number of imidazole rings is 3. The summed E-state index contributed by atoms with van der Waals surface area (Å²) in [6, 6.07) is 0. The number of nitrogens with two attached hydrogens (primary N) is 3. The number of rotatable bonds is 24. The third kappa shape index (κ3) is 13.2. The highest BCUT2D eigenvalue weighted by atomic mass is 31.3. The molecule has 42 nitrogen and oxygen atoms in total. The molecule has 3 saturated heterocycles. The van der Waals surface area contributed by atoms with Crippen molar-refractivity contribution in [1.82, 2.24) is 58.9 Å². The van der Waals surface area contributed by atoms with Gasteiger partial charge in [0.2, 0.25) is 29.5 Å². The SMILES string of the molecule is COCCNC(=O)C[C@@H]1[C@@H](COP(=O)(O)OP(=O)(O)OP(=O)(O)OCC2O[C@@H](n3cnc4c(=O)[nH]c(N)nc43)[C@H](OC)[C@@H]2OP(=O)(O)OC[C@H]2O[C@@H](n3cnc4c(=O)[nH]c(N)nc43)[C@H](O)[C@@H]2O)OC([n+]2cn(C)c3c(=O)[nH]c(N)nc32)[C@@H]1O. The molecule has 0 aromatic carbocycles. The van der Waals surface area contributed by atoms with Crippen LogP contribution < -0.4 is 43.8 Å².